The maximum absolute atomic E-state index is 12.5. The molecule has 0 saturated carbocycles. The smallest absolute Gasteiger partial charge is 0.260 e. The Kier molecular flexibility index (Phi) is 9.46. The average Bonchev–Trinajstić information content (AvgIpc) is 2.78. The Balaban J connectivity index is 2.03. The topological polar surface area (TPSA) is 86.3 Å². The van der Waals surface area contributed by atoms with Crippen LogP contribution in [0.15, 0.2) is 30.3 Å². The van der Waals surface area contributed by atoms with E-state index in [1.54, 1.807) is 35.2 Å². The number of carbonyl (C=O) groups excluding carboxylic acids is 2. The molecule has 0 atom stereocenters. The number of carbonyl (C=O) groups is 2. The molecule has 0 heterocycles. The summed E-state index contributed by atoms with van der Waals surface area (Å²) in [6, 6.07) is 8.30. The molecule has 1 N–H and O–H groups in total. The van der Waals surface area contributed by atoms with Gasteiger partial charge in [-0.05, 0) is 49.7 Å². The van der Waals surface area contributed by atoms with E-state index in [1.165, 1.54) is 21.3 Å². The van der Waals surface area contributed by atoms with Gasteiger partial charge in [-0.25, -0.2) is 0 Å². The molecule has 0 aliphatic carbocycles. The van der Waals surface area contributed by atoms with Gasteiger partial charge in [-0.15, -0.1) is 0 Å². The molecule has 0 spiro atoms. The van der Waals surface area contributed by atoms with Gasteiger partial charge in [0.1, 0.15) is 5.75 Å². The Morgan fingerprint density at radius 2 is 1.56 bits per heavy atom. The second kappa shape index (κ2) is 12.0. The SMILES string of the molecule is CCN(CC)C(=O)COc1ccc(NC(=O)Cc2cc(OC)c(OC)c(OC)c2)cc1Cl. The van der Waals surface area contributed by atoms with Crippen LogP contribution in [0, 0.1) is 0 Å². The largest absolute Gasteiger partial charge is 0.493 e. The molecule has 0 saturated heterocycles. The Morgan fingerprint density at radius 3 is 2.06 bits per heavy atom. The summed E-state index contributed by atoms with van der Waals surface area (Å²) in [6.45, 7) is 4.94. The van der Waals surface area contributed by atoms with E-state index in [1.807, 2.05) is 13.8 Å². The summed E-state index contributed by atoms with van der Waals surface area (Å²) in [4.78, 5) is 26.3. The number of halogens is 1. The molecule has 2 aromatic carbocycles. The van der Waals surface area contributed by atoms with Crippen LogP contribution in [0.1, 0.15) is 19.4 Å². The predicted octanol–water partition coefficient (Wildman–Crippen LogP) is 3.79. The second-order valence-corrected chi connectivity index (χ2v) is 7.17. The first kappa shape index (κ1) is 25.1. The summed E-state index contributed by atoms with van der Waals surface area (Å²) in [6.07, 6.45) is 0.0883. The molecule has 2 amide bonds. The highest BCUT2D eigenvalue weighted by atomic mass is 35.5. The molecule has 9 heteroatoms. The summed E-state index contributed by atoms with van der Waals surface area (Å²) in [5.41, 5.74) is 1.20. The first-order valence-electron chi connectivity index (χ1n) is 10.2. The van der Waals surface area contributed by atoms with Gasteiger partial charge < -0.3 is 29.2 Å². The Hall–Kier alpha value is -3.13. The molecule has 174 valence electrons. The fourth-order valence-corrected chi connectivity index (χ4v) is 3.37. The highest BCUT2D eigenvalue weighted by molar-refractivity contribution is 6.32. The van der Waals surface area contributed by atoms with E-state index in [0.29, 0.717) is 52.4 Å². The van der Waals surface area contributed by atoms with E-state index in [2.05, 4.69) is 5.32 Å². The minimum atomic E-state index is -0.249. The number of anilines is 1. The number of hydrogen-bond donors (Lipinski definition) is 1. The van der Waals surface area contributed by atoms with Crippen molar-refractivity contribution >= 4 is 29.1 Å². The zero-order valence-corrected chi connectivity index (χ0v) is 19.7. The van der Waals surface area contributed by atoms with E-state index in [4.69, 9.17) is 30.5 Å². The third-order valence-corrected chi connectivity index (χ3v) is 5.07. The van der Waals surface area contributed by atoms with E-state index in [0.717, 1.165) is 0 Å². The summed E-state index contributed by atoms with van der Waals surface area (Å²) in [5.74, 6) is 1.40. The van der Waals surface area contributed by atoms with Crippen LogP contribution in [-0.2, 0) is 16.0 Å². The number of ether oxygens (including phenoxy) is 4. The lowest BCUT2D eigenvalue weighted by molar-refractivity contribution is -0.133. The summed E-state index contributed by atoms with van der Waals surface area (Å²) in [5, 5.41) is 3.09. The van der Waals surface area contributed by atoms with E-state index >= 15 is 0 Å². The number of hydrogen-bond acceptors (Lipinski definition) is 6. The van der Waals surface area contributed by atoms with Crippen molar-refractivity contribution in [1.29, 1.82) is 0 Å². The van der Waals surface area contributed by atoms with Crippen molar-refractivity contribution in [3.05, 3.63) is 40.9 Å². The minimum absolute atomic E-state index is 0.0883. The number of benzene rings is 2. The fraction of sp³-hybridized carbons (Fsp3) is 0.391. The lowest BCUT2D eigenvalue weighted by Crippen LogP contribution is -2.34. The van der Waals surface area contributed by atoms with E-state index < -0.39 is 0 Å². The molecule has 0 unspecified atom stereocenters. The van der Waals surface area contributed by atoms with Crippen LogP contribution in [0.3, 0.4) is 0 Å². The van der Waals surface area contributed by atoms with Gasteiger partial charge in [0.2, 0.25) is 11.7 Å². The van der Waals surface area contributed by atoms with E-state index in [-0.39, 0.29) is 24.8 Å². The van der Waals surface area contributed by atoms with Gasteiger partial charge in [-0.1, -0.05) is 11.6 Å². The predicted molar refractivity (Wildman–Crippen MR) is 123 cm³/mol. The molecular formula is C23H29ClN2O6. The molecule has 2 aromatic rings. The molecule has 0 aliphatic rings. The van der Waals surface area contributed by atoms with Crippen LogP contribution < -0.4 is 24.3 Å². The Morgan fingerprint density at radius 1 is 0.938 bits per heavy atom. The standard InChI is InChI=1S/C23H29ClN2O6/c1-6-26(7-2)22(28)14-32-18-9-8-16(13-17(18)24)25-21(27)12-15-10-19(29-3)23(31-5)20(11-15)30-4/h8-11,13H,6-7,12,14H2,1-5H3,(H,25,27). The van der Waals surface area contributed by atoms with Crippen LogP contribution in [0.4, 0.5) is 5.69 Å². The van der Waals surface area contributed by atoms with E-state index in [9.17, 15) is 9.59 Å². The second-order valence-electron chi connectivity index (χ2n) is 6.76. The lowest BCUT2D eigenvalue weighted by Gasteiger charge is -2.19. The number of likely N-dealkylation sites (N-methyl/N-ethyl adjacent to an activating group) is 1. The van der Waals surface area contributed by atoms with Crippen LogP contribution in [0.5, 0.6) is 23.0 Å². The Labute approximate surface area is 193 Å². The normalized spacial score (nSPS) is 10.3. The van der Waals surface area contributed by atoms with Gasteiger partial charge in [0.15, 0.2) is 18.1 Å². The zero-order valence-electron chi connectivity index (χ0n) is 19.0. The summed E-state index contributed by atoms with van der Waals surface area (Å²) >= 11 is 6.27. The van der Waals surface area contributed by atoms with Crippen molar-refractivity contribution in [2.75, 3.05) is 46.3 Å². The number of amides is 2. The zero-order chi connectivity index (χ0) is 23.7. The molecule has 0 aromatic heterocycles. The maximum Gasteiger partial charge on any atom is 0.260 e. The van der Waals surface area contributed by atoms with Gasteiger partial charge in [0, 0.05) is 18.8 Å². The highest BCUT2D eigenvalue weighted by Gasteiger charge is 2.16. The van der Waals surface area contributed by atoms with Gasteiger partial charge in [0.25, 0.3) is 5.91 Å². The number of methoxy groups -OCH3 is 3. The Bertz CT molecular complexity index is 921. The maximum atomic E-state index is 12.5. The van der Waals surface area contributed by atoms with Crippen molar-refractivity contribution in [1.82, 2.24) is 4.90 Å². The number of nitrogens with one attached hydrogen (secondary N) is 1. The lowest BCUT2D eigenvalue weighted by atomic mass is 10.1. The first-order valence-corrected chi connectivity index (χ1v) is 10.5. The van der Waals surface area contributed by atoms with Crippen molar-refractivity contribution < 1.29 is 28.5 Å². The molecule has 0 bridgehead atoms. The average molecular weight is 465 g/mol. The third-order valence-electron chi connectivity index (χ3n) is 4.77. The molecule has 32 heavy (non-hydrogen) atoms. The molecule has 2 rings (SSSR count). The van der Waals surface area contributed by atoms with Crippen LogP contribution >= 0.6 is 11.6 Å². The van der Waals surface area contributed by atoms with Gasteiger partial charge >= 0.3 is 0 Å². The molecular weight excluding hydrogens is 436 g/mol. The quantitative estimate of drug-likeness (QED) is 0.544. The number of nitrogens with zero attached hydrogens (tertiary/aromatic N) is 1. The van der Waals surface area contributed by atoms with Gasteiger partial charge in [0.05, 0.1) is 32.8 Å². The monoisotopic (exact) mass is 464 g/mol. The fourth-order valence-electron chi connectivity index (χ4n) is 3.13. The molecule has 8 nitrogen and oxygen atoms in total. The molecule has 0 aliphatic heterocycles. The van der Waals surface area contributed by atoms with Crippen molar-refractivity contribution in [2.24, 2.45) is 0 Å². The van der Waals surface area contributed by atoms with Crippen LogP contribution in [0.2, 0.25) is 5.02 Å². The molecule has 0 fully saturated rings. The molecule has 0 radical (unpaired) electrons. The van der Waals surface area contributed by atoms with Gasteiger partial charge in [-0.2, -0.15) is 0 Å². The van der Waals surface area contributed by atoms with Crippen molar-refractivity contribution in [3.8, 4) is 23.0 Å². The third kappa shape index (κ3) is 6.43. The summed E-state index contributed by atoms with van der Waals surface area (Å²) in [7, 11) is 4.55. The van der Waals surface area contributed by atoms with Crippen LogP contribution in [0.25, 0.3) is 0 Å². The van der Waals surface area contributed by atoms with Crippen LogP contribution in [-0.4, -0.2) is 57.7 Å². The minimum Gasteiger partial charge on any atom is -0.493 e. The van der Waals surface area contributed by atoms with Gasteiger partial charge in [-0.3, -0.25) is 9.59 Å². The highest BCUT2D eigenvalue weighted by Crippen LogP contribution is 2.38. The van der Waals surface area contributed by atoms with Crippen molar-refractivity contribution in [2.45, 2.75) is 20.3 Å². The van der Waals surface area contributed by atoms with Crippen molar-refractivity contribution in [3.63, 3.8) is 0 Å². The summed E-state index contributed by atoms with van der Waals surface area (Å²) < 4.78 is 21.5. The first-order chi connectivity index (χ1) is 15.4. The number of rotatable bonds is 11.